The average Bonchev–Trinajstić information content (AvgIpc) is 3.03. The largest absolute Gasteiger partial charge is 0.476 e. The van der Waals surface area contributed by atoms with Crippen LogP contribution in [0.3, 0.4) is 0 Å². The number of carbonyl (C=O) groups excluding carboxylic acids is 1. The van der Waals surface area contributed by atoms with E-state index in [1.54, 1.807) is 13.2 Å². The maximum atomic E-state index is 12.1. The van der Waals surface area contributed by atoms with Gasteiger partial charge >= 0.3 is 5.97 Å². The lowest BCUT2D eigenvalue weighted by Gasteiger charge is -2.01. The molecule has 0 unspecified atom stereocenters. The molecule has 2 heterocycles. The number of hydrogen-bond donors (Lipinski definition) is 2. The molecule has 0 spiro atoms. The van der Waals surface area contributed by atoms with Crippen molar-refractivity contribution in [2.24, 2.45) is 7.05 Å². The molecule has 0 aliphatic carbocycles. The van der Waals surface area contributed by atoms with Gasteiger partial charge in [0.1, 0.15) is 6.73 Å². The van der Waals surface area contributed by atoms with Gasteiger partial charge in [0.2, 0.25) is 0 Å². The van der Waals surface area contributed by atoms with E-state index < -0.39 is 11.9 Å². The van der Waals surface area contributed by atoms with E-state index in [1.165, 1.54) is 21.8 Å². The molecule has 0 bridgehead atoms. The predicted octanol–water partition coefficient (Wildman–Crippen LogP) is 0.561. The Labute approximate surface area is 120 Å². The molecule has 0 aliphatic rings. The van der Waals surface area contributed by atoms with E-state index in [0.29, 0.717) is 12.3 Å². The molecular weight excluding hydrogens is 278 g/mol. The van der Waals surface area contributed by atoms with E-state index in [0.717, 1.165) is 0 Å². The molecule has 2 aromatic heterocycles. The van der Waals surface area contributed by atoms with Crippen LogP contribution in [0.4, 0.5) is 5.69 Å². The highest BCUT2D eigenvalue weighted by Crippen LogP contribution is 2.11. The number of hydrogen-bond acceptors (Lipinski definition) is 5. The van der Waals surface area contributed by atoms with Gasteiger partial charge in [-0.15, -0.1) is 0 Å². The Morgan fingerprint density at radius 2 is 2.19 bits per heavy atom. The van der Waals surface area contributed by atoms with Gasteiger partial charge < -0.3 is 15.2 Å². The van der Waals surface area contributed by atoms with Crippen molar-refractivity contribution >= 4 is 17.6 Å². The summed E-state index contributed by atoms with van der Waals surface area (Å²) in [5.41, 5.74) is 0.138. The zero-order valence-electron chi connectivity index (χ0n) is 11.6. The maximum Gasteiger partial charge on any atom is 0.357 e. The van der Waals surface area contributed by atoms with Crippen molar-refractivity contribution in [3.05, 3.63) is 29.8 Å². The van der Waals surface area contributed by atoms with E-state index in [2.05, 4.69) is 15.5 Å². The van der Waals surface area contributed by atoms with Gasteiger partial charge in [0, 0.05) is 19.9 Å². The zero-order valence-corrected chi connectivity index (χ0v) is 11.6. The fraction of sp³-hybridized carbons (Fsp3) is 0.333. The highest BCUT2D eigenvalue weighted by Gasteiger charge is 2.21. The maximum absolute atomic E-state index is 12.1. The fourth-order valence-electron chi connectivity index (χ4n) is 1.69. The Balaban J connectivity index is 2.11. The molecule has 0 saturated heterocycles. The third-order valence-corrected chi connectivity index (χ3v) is 2.59. The number of aromatic nitrogens is 4. The molecule has 2 N–H and O–H groups in total. The van der Waals surface area contributed by atoms with Crippen LogP contribution in [0.25, 0.3) is 0 Å². The second-order valence-electron chi connectivity index (χ2n) is 4.21. The van der Waals surface area contributed by atoms with Crippen molar-refractivity contribution < 1.29 is 19.4 Å². The Kier molecular flexibility index (Phi) is 4.33. The molecule has 2 aromatic rings. The van der Waals surface area contributed by atoms with Crippen molar-refractivity contribution in [2.45, 2.75) is 13.7 Å². The molecule has 0 aromatic carbocycles. The summed E-state index contributed by atoms with van der Waals surface area (Å²) < 4.78 is 7.96. The molecule has 9 heteroatoms. The standard InChI is InChI=1S/C12H15N5O4/c1-3-21-7-17-5-8(4-13-17)14-11(18)9-6-16(2)15-10(9)12(19)20/h4-6H,3,7H2,1-2H3,(H,14,18)(H,19,20). The first-order valence-corrected chi connectivity index (χ1v) is 6.19. The summed E-state index contributed by atoms with van der Waals surface area (Å²) in [6.45, 7) is 2.70. The van der Waals surface area contributed by atoms with Gasteiger partial charge in [0.15, 0.2) is 5.69 Å². The molecule has 0 saturated carbocycles. The minimum Gasteiger partial charge on any atom is -0.476 e. The van der Waals surface area contributed by atoms with Gasteiger partial charge in [0.05, 0.1) is 23.6 Å². The molecule has 0 radical (unpaired) electrons. The van der Waals surface area contributed by atoms with E-state index in [9.17, 15) is 9.59 Å². The Hall–Kier alpha value is -2.68. The predicted molar refractivity (Wildman–Crippen MR) is 72.0 cm³/mol. The lowest BCUT2D eigenvalue weighted by atomic mass is 10.2. The second kappa shape index (κ2) is 6.18. The number of nitrogens with zero attached hydrogens (tertiary/aromatic N) is 4. The van der Waals surface area contributed by atoms with Gasteiger partial charge in [-0.05, 0) is 6.92 Å². The summed E-state index contributed by atoms with van der Waals surface area (Å²) in [4.78, 5) is 23.1. The van der Waals surface area contributed by atoms with Crippen LogP contribution in [-0.4, -0.2) is 43.2 Å². The van der Waals surface area contributed by atoms with Crippen molar-refractivity contribution in [3.8, 4) is 0 Å². The number of aryl methyl sites for hydroxylation is 1. The number of aromatic carboxylic acids is 1. The number of amides is 1. The number of ether oxygens (including phenoxy) is 1. The van der Waals surface area contributed by atoms with Gasteiger partial charge in [-0.2, -0.15) is 10.2 Å². The first-order valence-electron chi connectivity index (χ1n) is 6.19. The second-order valence-corrected chi connectivity index (χ2v) is 4.21. The first-order chi connectivity index (χ1) is 10.0. The Morgan fingerprint density at radius 1 is 1.43 bits per heavy atom. The topological polar surface area (TPSA) is 111 Å². The summed E-state index contributed by atoms with van der Waals surface area (Å²) >= 11 is 0. The van der Waals surface area contributed by atoms with Crippen molar-refractivity contribution in [3.63, 3.8) is 0 Å². The van der Waals surface area contributed by atoms with Crippen LogP contribution in [0.1, 0.15) is 27.8 Å². The highest BCUT2D eigenvalue weighted by molar-refractivity contribution is 6.09. The van der Waals surface area contributed by atoms with E-state index in [-0.39, 0.29) is 18.0 Å². The summed E-state index contributed by atoms with van der Waals surface area (Å²) in [5.74, 6) is -1.82. The number of carboxylic acids is 1. The minimum atomic E-state index is -1.26. The van der Waals surface area contributed by atoms with E-state index in [4.69, 9.17) is 9.84 Å². The van der Waals surface area contributed by atoms with Gasteiger partial charge in [-0.25, -0.2) is 9.48 Å². The smallest absolute Gasteiger partial charge is 0.357 e. The van der Waals surface area contributed by atoms with Gasteiger partial charge in [-0.1, -0.05) is 0 Å². The first kappa shape index (κ1) is 14.7. The number of carboxylic acid groups (broad SMARTS) is 1. The van der Waals surface area contributed by atoms with Gasteiger partial charge in [-0.3, -0.25) is 9.48 Å². The van der Waals surface area contributed by atoms with Crippen LogP contribution < -0.4 is 5.32 Å². The zero-order chi connectivity index (χ0) is 15.4. The van der Waals surface area contributed by atoms with Crippen molar-refractivity contribution in [1.29, 1.82) is 0 Å². The molecule has 0 fully saturated rings. The lowest BCUT2D eigenvalue weighted by Crippen LogP contribution is -2.15. The highest BCUT2D eigenvalue weighted by atomic mass is 16.5. The van der Waals surface area contributed by atoms with E-state index >= 15 is 0 Å². The van der Waals surface area contributed by atoms with Crippen molar-refractivity contribution in [1.82, 2.24) is 19.6 Å². The van der Waals surface area contributed by atoms with E-state index in [1.807, 2.05) is 6.92 Å². The molecule has 112 valence electrons. The molecule has 1 amide bonds. The lowest BCUT2D eigenvalue weighted by molar-refractivity contribution is 0.0685. The monoisotopic (exact) mass is 293 g/mol. The third-order valence-electron chi connectivity index (χ3n) is 2.59. The molecule has 9 nitrogen and oxygen atoms in total. The van der Waals surface area contributed by atoms with Crippen LogP contribution in [0.2, 0.25) is 0 Å². The summed E-state index contributed by atoms with van der Waals surface area (Å²) in [5, 5.41) is 19.3. The Bertz CT molecular complexity index is 660. The van der Waals surface area contributed by atoms with Gasteiger partial charge in [0.25, 0.3) is 5.91 Å². The van der Waals surface area contributed by atoms with Crippen LogP contribution in [0, 0.1) is 0 Å². The third kappa shape index (κ3) is 3.45. The molecule has 0 atom stereocenters. The normalized spacial score (nSPS) is 10.6. The quantitative estimate of drug-likeness (QED) is 0.805. The minimum absolute atomic E-state index is 0.0115. The van der Waals surface area contributed by atoms with Crippen LogP contribution in [-0.2, 0) is 18.5 Å². The SMILES string of the molecule is CCOCn1cc(NC(=O)c2cn(C)nc2C(=O)O)cn1. The summed E-state index contributed by atoms with van der Waals surface area (Å²) in [6.07, 6.45) is 4.39. The molecule has 0 aliphatic heterocycles. The number of nitrogens with one attached hydrogen (secondary N) is 1. The van der Waals surface area contributed by atoms with Crippen LogP contribution in [0.5, 0.6) is 0 Å². The fourth-order valence-corrected chi connectivity index (χ4v) is 1.69. The molecule has 2 rings (SSSR count). The van der Waals surface area contributed by atoms with Crippen LogP contribution in [0.15, 0.2) is 18.6 Å². The summed E-state index contributed by atoms with van der Waals surface area (Å²) in [7, 11) is 1.54. The molecular formula is C12H15N5O4. The number of anilines is 1. The van der Waals surface area contributed by atoms with Crippen LogP contribution >= 0.6 is 0 Å². The van der Waals surface area contributed by atoms with Crippen molar-refractivity contribution in [2.75, 3.05) is 11.9 Å². The number of rotatable bonds is 6. The Morgan fingerprint density at radius 3 is 2.86 bits per heavy atom. The average molecular weight is 293 g/mol. The molecule has 21 heavy (non-hydrogen) atoms. The number of carbonyl (C=O) groups is 2. The summed E-state index contributed by atoms with van der Waals surface area (Å²) in [6, 6.07) is 0.